The molecule has 2 amide bonds. The van der Waals surface area contributed by atoms with Gasteiger partial charge in [-0.2, -0.15) is 0 Å². The lowest BCUT2D eigenvalue weighted by atomic mass is 9.91. The number of nitrogens with zero attached hydrogens (tertiary/aromatic N) is 1. The topological polar surface area (TPSA) is 131 Å². The second-order valence-corrected chi connectivity index (χ2v) is 9.61. The molecule has 9 nitrogen and oxygen atoms in total. The minimum absolute atomic E-state index is 0.0281. The van der Waals surface area contributed by atoms with Crippen LogP contribution in [0.3, 0.4) is 0 Å². The van der Waals surface area contributed by atoms with E-state index in [4.69, 9.17) is 20.9 Å². The van der Waals surface area contributed by atoms with Crippen LogP contribution in [-0.2, 0) is 21.6 Å². The largest absolute Gasteiger partial charge is 0.479 e. The van der Waals surface area contributed by atoms with Crippen molar-refractivity contribution in [1.82, 2.24) is 15.8 Å². The first-order valence-corrected chi connectivity index (χ1v) is 12.6. The van der Waals surface area contributed by atoms with Crippen molar-refractivity contribution >= 4 is 29.6 Å². The Morgan fingerprint density at radius 2 is 1.78 bits per heavy atom. The Kier molecular flexibility index (Phi) is 8.68. The average molecular weight is 584 g/mol. The number of ether oxygens (including phenoxy) is 1. The Morgan fingerprint density at radius 1 is 1.07 bits per heavy atom. The van der Waals surface area contributed by atoms with Crippen LogP contribution in [0.2, 0.25) is 5.02 Å². The predicted octanol–water partition coefficient (Wildman–Crippen LogP) is 5.99. The zero-order chi connectivity index (χ0) is 29.7. The van der Waals surface area contributed by atoms with Crippen molar-refractivity contribution in [3.05, 3.63) is 112 Å². The van der Waals surface area contributed by atoms with Crippen LogP contribution in [0.5, 0.6) is 0 Å². The number of alkyl carbamates (subject to hydrolysis) is 1. The molecule has 0 radical (unpaired) electrons. The number of rotatable bonds is 9. The number of hydrogen-bond donors (Lipinski definition) is 3. The van der Waals surface area contributed by atoms with E-state index in [2.05, 4.69) is 15.8 Å². The number of amides is 2. The van der Waals surface area contributed by atoms with Crippen LogP contribution >= 0.6 is 11.6 Å². The molecule has 3 aromatic carbocycles. The minimum Gasteiger partial charge on any atom is -0.479 e. The highest BCUT2D eigenvalue weighted by atomic mass is 35.5. The Hall–Kier alpha value is -4.77. The van der Waals surface area contributed by atoms with Crippen LogP contribution < -0.4 is 10.6 Å². The second-order valence-electron chi connectivity index (χ2n) is 9.20. The Labute approximate surface area is 238 Å². The van der Waals surface area contributed by atoms with Crippen molar-refractivity contribution in [2.45, 2.75) is 32.0 Å². The summed E-state index contributed by atoms with van der Waals surface area (Å²) in [5, 5.41) is 19.2. The number of hydrogen-bond acceptors (Lipinski definition) is 6. The molecular weight excluding hydrogens is 560 g/mol. The summed E-state index contributed by atoms with van der Waals surface area (Å²) in [6.45, 7) is 2.89. The third-order valence-electron chi connectivity index (χ3n) is 6.40. The third-order valence-corrected chi connectivity index (χ3v) is 6.75. The predicted molar refractivity (Wildman–Crippen MR) is 144 cm³/mol. The smallest absolute Gasteiger partial charge is 0.408 e. The number of carbonyl (C=O) groups is 3. The molecule has 0 fully saturated rings. The van der Waals surface area contributed by atoms with Gasteiger partial charge in [-0.15, -0.1) is 0 Å². The van der Waals surface area contributed by atoms with E-state index in [-0.39, 0.29) is 17.7 Å². The summed E-state index contributed by atoms with van der Waals surface area (Å²) in [5.74, 6) is -4.61. The fourth-order valence-corrected chi connectivity index (χ4v) is 4.28. The van der Waals surface area contributed by atoms with Gasteiger partial charge in [-0.05, 0) is 49.7 Å². The van der Waals surface area contributed by atoms with E-state index in [0.717, 1.165) is 18.2 Å². The van der Waals surface area contributed by atoms with Crippen LogP contribution in [0.4, 0.5) is 13.6 Å². The Morgan fingerprint density at radius 3 is 2.44 bits per heavy atom. The van der Waals surface area contributed by atoms with Gasteiger partial charge >= 0.3 is 12.1 Å². The summed E-state index contributed by atoms with van der Waals surface area (Å²) in [7, 11) is 0. The molecule has 0 saturated heterocycles. The van der Waals surface area contributed by atoms with Crippen molar-refractivity contribution in [3.8, 4) is 11.3 Å². The molecule has 2 atom stereocenters. The summed E-state index contributed by atoms with van der Waals surface area (Å²) in [6.07, 6.45) is 0.0851. The monoisotopic (exact) mass is 583 g/mol. The fourth-order valence-electron chi connectivity index (χ4n) is 3.99. The average Bonchev–Trinajstić information content (AvgIpc) is 3.42. The van der Waals surface area contributed by atoms with Crippen LogP contribution in [0, 0.1) is 11.6 Å². The number of carbonyl (C=O) groups excluding carboxylic acids is 2. The fraction of sp³-hybridized carbons (Fsp3) is 0.172. The Bertz CT molecular complexity index is 1590. The van der Waals surface area contributed by atoms with Gasteiger partial charge in [-0.1, -0.05) is 53.2 Å². The van der Waals surface area contributed by atoms with Gasteiger partial charge in [0.2, 0.25) is 0 Å². The maximum Gasteiger partial charge on any atom is 0.408 e. The first kappa shape index (κ1) is 29.2. The first-order valence-electron chi connectivity index (χ1n) is 12.2. The van der Waals surface area contributed by atoms with Crippen molar-refractivity contribution in [3.63, 3.8) is 0 Å². The molecule has 212 valence electrons. The standard InChI is InChI=1S/C29H24ClF2N3O6/c1-16(21-5-3-4-6-22(21)30)41-28(39)33-14-19-15-40-35-25(19)17-7-9-18(10-8-17)26(36)34-29(2,27(37)38)20-11-12-23(31)24(32)13-20/h3-13,15-16H,14H2,1-2H3,(H,33,39)(H,34,36)(H,37,38). The molecule has 3 N–H and O–H groups in total. The molecule has 12 heteroatoms. The van der Waals surface area contributed by atoms with Gasteiger partial charge in [0.1, 0.15) is 18.1 Å². The molecule has 0 aliphatic rings. The van der Waals surface area contributed by atoms with E-state index in [0.29, 0.717) is 27.4 Å². The number of benzene rings is 3. The molecule has 4 rings (SSSR count). The van der Waals surface area contributed by atoms with Crippen LogP contribution in [0.25, 0.3) is 11.3 Å². The van der Waals surface area contributed by atoms with Gasteiger partial charge in [-0.25, -0.2) is 18.4 Å². The van der Waals surface area contributed by atoms with E-state index >= 15 is 0 Å². The molecule has 4 aromatic rings. The molecule has 0 bridgehead atoms. The molecule has 0 saturated carbocycles. The molecule has 0 aliphatic heterocycles. The van der Waals surface area contributed by atoms with Gasteiger partial charge in [0.05, 0.1) is 6.54 Å². The number of aliphatic carboxylic acids is 1. The van der Waals surface area contributed by atoms with Gasteiger partial charge < -0.3 is 25.0 Å². The van der Waals surface area contributed by atoms with Gasteiger partial charge in [0, 0.05) is 27.3 Å². The van der Waals surface area contributed by atoms with Crippen LogP contribution in [0.1, 0.15) is 47.0 Å². The summed E-state index contributed by atoms with van der Waals surface area (Å²) >= 11 is 6.15. The highest BCUT2D eigenvalue weighted by Gasteiger charge is 2.38. The first-order chi connectivity index (χ1) is 19.5. The molecule has 0 spiro atoms. The van der Waals surface area contributed by atoms with Crippen molar-refractivity contribution in [2.24, 2.45) is 0 Å². The van der Waals surface area contributed by atoms with Gasteiger partial charge in [0.25, 0.3) is 5.91 Å². The van der Waals surface area contributed by atoms with Crippen molar-refractivity contribution in [1.29, 1.82) is 0 Å². The van der Waals surface area contributed by atoms with E-state index in [1.807, 2.05) is 0 Å². The molecule has 2 unspecified atom stereocenters. The minimum atomic E-state index is -2.03. The number of aromatic nitrogens is 1. The normalized spacial score (nSPS) is 13.1. The summed E-state index contributed by atoms with van der Waals surface area (Å²) < 4.78 is 37.6. The third kappa shape index (κ3) is 6.52. The van der Waals surface area contributed by atoms with Crippen molar-refractivity contribution in [2.75, 3.05) is 0 Å². The maximum absolute atomic E-state index is 13.8. The quantitative estimate of drug-likeness (QED) is 0.220. The highest BCUT2D eigenvalue weighted by Crippen LogP contribution is 2.27. The van der Waals surface area contributed by atoms with E-state index in [1.54, 1.807) is 43.3 Å². The SMILES string of the molecule is CC(OC(=O)NCc1conc1-c1ccc(C(=O)NC(C)(C(=O)O)c2ccc(F)c(F)c2)cc1)c1ccccc1Cl. The zero-order valence-electron chi connectivity index (χ0n) is 21.8. The van der Waals surface area contributed by atoms with E-state index < -0.39 is 41.2 Å². The number of carboxylic acid groups (broad SMARTS) is 1. The second kappa shape index (κ2) is 12.2. The van der Waals surface area contributed by atoms with Gasteiger partial charge in [-0.3, -0.25) is 4.79 Å². The summed E-state index contributed by atoms with van der Waals surface area (Å²) in [6, 6.07) is 15.6. The number of halogens is 3. The molecule has 0 aliphatic carbocycles. The molecule has 41 heavy (non-hydrogen) atoms. The lowest BCUT2D eigenvalue weighted by molar-refractivity contribution is -0.144. The Balaban J connectivity index is 1.42. The van der Waals surface area contributed by atoms with Crippen LogP contribution in [-0.4, -0.2) is 28.2 Å². The maximum atomic E-state index is 13.8. The highest BCUT2D eigenvalue weighted by molar-refractivity contribution is 6.31. The lowest BCUT2D eigenvalue weighted by Gasteiger charge is -2.27. The lowest BCUT2D eigenvalue weighted by Crippen LogP contribution is -2.49. The van der Waals surface area contributed by atoms with Gasteiger partial charge in [0.15, 0.2) is 17.2 Å². The number of nitrogens with one attached hydrogen (secondary N) is 2. The number of carboxylic acids is 1. The molecule has 1 aromatic heterocycles. The molecule has 1 heterocycles. The zero-order valence-corrected chi connectivity index (χ0v) is 22.5. The van der Waals surface area contributed by atoms with Crippen molar-refractivity contribution < 1.29 is 37.5 Å². The van der Waals surface area contributed by atoms with E-state index in [1.165, 1.54) is 25.3 Å². The van der Waals surface area contributed by atoms with E-state index in [9.17, 15) is 28.3 Å². The summed E-state index contributed by atoms with van der Waals surface area (Å²) in [5.41, 5.74) is 0.0549. The van der Waals surface area contributed by atoms with Crippen LogP contribution in [0.15, 0.2) is 77.5 Å². The molecular formula is C29H24ClF2N3O6. The summed E-state index contributed by atoms with van der Waals surface area (Å²) in [4.78, 5) is 37.2.